The fraction of sp³-hybridized carbons (Fsp3) is 0.364. The molecule has 1 aliphatic rings. The zero-order valence-corrected chi connectivity index (χ0v) is 10.1. The van der Waals surface area contributed by atoms with Gasteiger partial charge in [-0.25, -0.2) is 9.78 Å². The Kier molecular flexibility index (Phi) is 3.28. The van der Waals surface area contributed by atoms with Gasteiger partial charge in [0.2, 0.25) is 5.28 Å². The van der Waals surface area contributed by atoms with Crippen LogP contribution in [0.15, 0.2) is 18.9 Å². The Balaban J connectivity index is 2.41. The van der Waals surface area contributed by atoms with Crippen LogP contribution in [-0.4, -0.2) is 22.1 Å². The molecule has 0 aliphatic carbocycles. The Morgan fingerprint density at radius 1 is 1.76 bits per heavy atom. The maximum atomic E-state index is 11.8. The number of aromatic nitrogens is 2. The van der Waals surface area contributed by atoms with Gasteiger partial charge in [0.25, 0.3) is 0 Å². The van der Waals surface area contributed by atoms with Gasteiger partial charge in [-0.2, -0.15) is 4.98 Å². The molecular formula is C11H12ClN3O2. The predicted octanol–water partition coefficient (Wildman–Crippen LogP) is 2.55. The Hall–Kier alpha value is -1.62. The summed E-state index contributed by atoms with van der Waals surface area (Å²) in [7, 11) is 0. The van der Waals surface area contributed by atoms with Crippen molar-refractivity contribution in [2.75, 3.05) is 4.90 Å². The molecule has 2 heterocycles. The van der Waals surface area contributed by atoms with Crippen LogP contribution in [0, 0.1) is 0 Å². The molecule has 1 amide bonds. The summed E-state index contributed by atoms with van der Waals surface area (Å²) < 4.78 is 5.05. The van der Waals surface area contributed by atoms with Gasteiger partial charge in [-0.05, 0) is 24.9 Å². The Bertz CT molecular complexity index is 464. The summed E-state index contributed by atoms with van der Waals surface area (Å²) in [5.41, 5.74) is 0.755. The van der Waals surface area contributed by atoms with Crippen LogP contribution in [0.25, 0.3) is 0 Å². The number of ether oxygens (including phenoxy) is 1. The number of anilines is 1. The number of cyclic esters (lactones) is 1. The van der Waals surface area contributed by atoms with Gasteiger partial charge in [0.05, 0.1) is 5.56 Å². The first-order valence-corrected chi connectivity index (χ1v) is 5.59. The van der Waals surface area contributed by atoms with Crippen molar-refractivity contribution in [3.63, 3.8) is 0 Å². The largest absolute Gasteiger partial charge is 0.444 e. The van der Waals surface area contributed by atoms with E-state index in [9.17, 15) is 4.79 Å². The zero-order chi connectivity index (χ0) is 12.4. The van der Waals surface area contributed by atoms with Crippen LogP contribution in [0.3, 0.4) is 0 Å². The van der Waals surface area contributed by atoms with Crippen LogP contribution < -0.4 is 4.90 Å². The van der Waals surface area contributed by atoms with Gasteiger partial charge in [0.15, 0.2) is 0 Å². The zero-order valence-electron chi connectivity index (χ0n) is 9.39. The molecule has 0 aromatic carbocycles. The molecule has 0 bridgehead atoms. The lowest BCUT2D eigenvalue weighted by molar-refractivity contribution is 0.138. The maximum absolute atomic E-state index is 11.8. The molecule has 90 valence electrons. The van der Waals surface area contributed by atoms with Crippen LogP contribution in [0.2, 0.25) is 5.28 Å². The summed E-state index contributed by atoms with van der Waals surface area (Å²) in [6, 6.07) is -0.0787. The monoisotopic (exact) mass is 253 g/mol. The molecule has 0 N–H and O–H groups in total. The molecule has 0 saturated carbocycles. The normalized spacial score (nSPS) is 16.1. The summed E-state index contributed by atoms with van der Waals surface area (Å²) in [4.78, 5) is 21.2. The number of carbonyl (C=O) groups excluding carboxylic acids is 1. The molecule has 1 aliphatic heterocycles. The van der Waals surface area contributed by atoms with Gasteiger partial charge in [-0.15, -0.1) is 6.58 Å². The average molecular weight is 254 g/mol. The SMILES string of the molecule is C=CC[C@H](C)N1C(=O)OCc2cnc(Cl)nc21. The minimum atomic E-state index is -0.415. The molecule has 0 saturated heterocycles. The molecule has 5 nitrogen and oxygen atoms in total. The van der Waals surface area contributed by atoms with E-state index in [0.29, 0.717) is 12.2 Å². The highest BCUT2D eigenvalue weighted by Crippen LogP contribution is 2.28. The van der Waals surface area contributed by atoms with E-state index < -0.39 is 6.09 Å². The molecule has 0 unspecified atom stereocenters. The summed E-state index contributed by atoms with van der Waals surface area (Å²) in [6.07, 6.45) is 3.55. The molecule has 1 aromatic heterocycles. The summed E-state index contributed by atoms with van der Waals surface area (Å²) in [5.74, 6) is 0.524. The number of fused-ring (bicyclic) bond motifs is 1. The average Bonchev–Trinajstić information content (AvgIpc) is 2.28. The first-order chi connectivity index (χ1) is 8.13. The van der Waals surface area contributed by atoms with E-state index in [4.69, 9.17) is 16.3 Å². The smallest absolute Gasteiger partial charge is 0.416 e. The number of hydrogen-bond donors (Lipinski definition) is 0. The topological polar surface area (TPSA) is 55.3 Å². The highest BCUT2D eigenvalue weighted by molar-refractivity contribution is 6.28. The second kappa shape index (κ2) is 4.71. The number of hydrogen-bond acceptors (Lipinski definition) is 4. The lowest BCUT2D eigenvalue weighted by Gasteiger charge is -2.31. The van der Waals surface area contributed by atoms with Gasteiger partial charge in [0, 0.05) is 12.2 Å². The molecule has 0 spiro atoms. The molecule has 1 aromatic rings. The predicted molar refractivity (Wildman–Crippen MR) is 64.0 cm³/mol. The standard InChI is InChI=1S/C11H12ClN3O2/c1-3-4-7(2)15-9-8(6-17-11(15)16)5-13-10(12)14-9/h3,5,7H,1,4,6H2,2H3/t7-/m0/s1. The van der Waals surface area contributed by atoms with Crippen LogP contribution in [0.4, 0.5) is 10.6 Å². The Morgan fingerprint density at radius 2 is 2.53 bits per heavy atom. The van der Waals surface area contributed by atoms with Crippen molar-refractivity contribution in [3.8, 4) is 0 Å². The van der Waals surface area contributed by atoms with Gasteiger partial charge in [0.1, 0.15) is 12.4 Å². The Labute approximate surface area is 104 Å². The minimum Gasteiger partial charge on any atom is -0.444 e. The molecule has 1 atom stereocenters. The number of nitrogens with zero attached hydrogens (tertiary/aromatic N) is 3. The molecule has 0 fully saturated rings. The third-order valence-corrected chi connectivity index (χ3v) is 2.72. The van der Waals surface area contributed by atoms with E-state index in [-0.39, 0.29) is 17.9 Å². The number of carbonyl (C=O) groups is 1. The molecular weight excluding hydrogens is 242 g/mol. The summed E-state index contributed by atoms with van der Waals surface area (Å²) in [5, 5.41) is 0.120. The van der Waals surface area contributed by atoms with Crippen molar-refractivity contribution in [1.82, 2.24) is 9.97 Å². The highest BCUT2D eigenvalue weighted by atomic mass is 35.5. The van der Waals surface area contributed by atoms with E-state index in [1.165, 1.54) is 4.90 Å². The van der Waals surface area contributed by atoms with E-state index in [1.54, 1.807) is 12.3 Å². The third kappa shape index (κ3) is 2.24. The first-order valence-electron chi connectivity index (χ1n) is 5.21. The highest BCUT2D eigenvalue weighted by Gasteiger charge is 2.31. The second-order valence-corrected chi connectivity index (χ2v) is 4.12. The number of halogens is 1. The van der Waals surface area contributed by atoms with E-state index >= 15 is 0 Å². The first kappa shape index (κ1) is 11.9. The summed E-state index contributed by atoms with van der Waals surface area (Å²) in [6.45, 7) is 5.74. The van der Waals surface area contributed by atoms with E-state index in [1.807, 2.05) is 6.92 Å². The maximum Gasteiger partial charge on any atom is 0.416 e. The van der Waals surface area contributed by atoms with Crippen molar-refractivity contribution in [2.45, 2.75) is 26.0 Å². The van der Waals surface area contributed by atoms with Crippen LogP contribution in [0.1, 0.15) is 18.9 Å². The Morgan fingerprint density at radius 3 is 3.24 bits per heavy atom. The van der Waals surface area contributed by atoms with Crippen molar-refractivity contribution in [3.05, 3.63) is 29.7 Å². The fourth-order valence-electron chi connectivity index (χ4n) is 1.72. The second-order valence-electron chi connectivity index (χ2n) is 3.79. The minimum absolute atomic E-state index is 0.0787. The molecule has 6 heteroatoms. The van der Waals surface area contributed by atoms with Gasteiger partial charge >= 0.3 is 6.09 Å². The molecule has 2 rings (SSSR count). The fourth-order valence-corrected chi connectivity index (χ4v) is 1.85. The molecule has 0 radical (unpaired) electrons. The van der Waals surface area contributed by atoms with E-state index in [0.717, 1.165) is 5.56 Å². The third-order valence-electron chi connectivity index (χ3n) is 2.54. The quantitative estimate of drug-likeness (QED) is 0.614. The van der Waals surface area contributed by atoms with Crippen molar-refractivity contribution < 1.29 is 9.53 Å². The number of amides is 1. The van der Waals surface area contributed by atoms with Gasteiger partial charge < -0.3 is 4.74 Å². The number of rotatable bonds is 3. The van der Waals surface area contributed by atoms with Crippen molar-refractivity contribution in [2.24, 2.45) is 0 Å². The van der Waals surface area contributed by atoms with Crippen LogP contribution in [-0.2, 0) is 11.3 Å². The van der Waals surface area contributed by atoms with Gasteiger partial charge in [-0.1, -0.05) is 6.08 Å². The van der Waals surface area contributed by atoms with Crippen LogP contribution in [0.5, 0.6) is 0 Å². The lowest BCUT2D eigenvalue weighted by Crippen LogP contribution is -2.42. The van der Waals surface area contributed by atoms with Crippen molar-refractivity contribution >= 4 is 23.5 Å². The van der Waals surface area contributed by atoms with E-state index in [2.05, 4.69) is 16.5 Å². The molecule has 17 heavy (non-hydrogen) atoms. The lowest BCUT2D eigenvalue weighted by atomic mass is 10.2. The van der Waals surface area contributed by atoms with Crippen LogP contribution >= 0.6 is 11.6 Å². The van der Waals surface area contributed by atoms with Gasteiger partial charge in [-0.3, -0.25) is 4.90 Å². The van der Waals surface area contributed by atoms with Crippen molar-refractivity contribution in [1.29, 1.82) is 0 Å². The summed E-state index contributed by atoms with van der Waals surface area (Å²) >= 11 is 5.75.